The molecule has 8 heteroatoms. The summed E-state index contributed by atoms with van der Waals surface area (Å²) >= 11 is 0. The van der Waals surface area contributed by atoms with Gasteiger partial charge in [0.15, 0.2) is 0 Å². The van der Waals surface area contributed by atoms with Gasteiger partial charge in [-0.2, -0.15) is 0 Å². The van der Waals surface area contributed by atoms with Gasteiger partial charge in [0.25, 0.3) is 10.9 Å². The summed E-state index contributed by atoms with van der Waals surface area (Å²) in [5.41, 5.74) is 2.28. The third kappa shape index (κ3) is 5.02. The summed E-state index contributed by atoms with van der Waals surface area (Å²) in [4.78, 5) is 40.3. The van der Waals surface area contributed by atoms with Crippen molar-refractivity contribution in [1.29, 1.82) is 0 Å². The first kappa shape index (κ1) is 22.5. The Bertz CT molecular complexity index is 1410. The van der Waals surface area contributed by atoms with Crippen LogP contribution in [0.5, 0.6) is 0 Å². The average molecular weight is 454 g/mol. The molecular weight excluding hydrogens is 430 g/mol. The monoisotopic (exact) mass is 453 g/mol. The van der Waals surface area contributed by atoms with Crippen LogP contribution in [0.1, 0.15) is 18.5 Å². The van der Waals surface area contributed by atoms with Crippen molar-refractivity contribution in [1.82, 2.24) is 4.98 Å². The van der Waals surface area contributed by atoms with Gasteiger partial charge in [-0.3, -0.25) is 14.4 Å². The average Bonchev–Trinajstić information content (AvgIpc) is 2.86. The summed E-state index contributed by atoms with van der Waals surface area (Å²) in [6.45, 7) is 5.37. The predicted octanol–water partition coefficient (Wildman–Crippen LogP) is 4.46. The van der Waals surface area contributed by atoms with Crippen molar-refractivity contribution in [3.8, 4) is 0 Å². The predicted molar refractivity (Wildman–Crippen MR) is 136 cm³/mol. The number of benzene rings is 2. The van der Waals surface area contributed by atoms with Gasteiger partial charge in [0.2, 0.25) is 5.91 Å². The molecule has 0 aliphatic heterocycles. The Morgan fingerprint density at radius 3 is 2.35 bits per heavy atom. The number of nitrogens with one attached hydrogen (secondary N) is 4. The Labute approximate surface area is 196 Å². The van der Waals surface area contributed by atoms with Crippen LogP contribution >= 0.6 is 0 Å². The lowest BCUT2D eigenvalue weighted by Crippen LogP contribution is -2.37. The van der Waals surface area contributed by atoms with E-state index in [9.17, 15) is 14.4 Å². The van der Waals surface area contributed by atoms with Crippen molar-refractivity contribution in [3.63, 3.8) is 0 Å². The van der Waals surface area contributed by atoms with Gasteiger partial charge in [0.1, 0.15) is 17.2 Å². The molecule has 1 amide bonds. The first-order valence-corrected chi connectivity index (χ1v) is 10.6. The molecule has 0 saturated carbocycles. The summed E-state index contributed by atoms with van der Waals surface area (Å²) in [6.07, 6.45) is 2.78. The third-order valence-corrected chi connectivity index (χ3v) is 5.19. The maximum atomic E-state index is 12.2. The Morgan fingerprint density at radius 2 is 1.59 bits per heavy atom. The van der Waals surface area contributed by atoms with E-state index >= 15 is 0 Å². The minimum atomic E-state index is -0.570. The fourth-order valence-electron chi connectivity index (χ4n) is 3.43. The van der Waals surface area contributed by atoms with Crippen molar-refractivity contribution in [2.24, 2.45) is 0 Å². The molecular formula is C26H23N5O3. The van der Waals surface area contributed by atoms with E-state index in [1.165, 1.54) is 6.08 Å². The molecule has 0 aliphatic carbocycles. The number of hydrogen-bond acceptors (Lipinski definition) is 7. The lowest BCUT2D eigenvalue weighted by Gasteiger charge is -2.20. The zero-order chi connectivity index (χ0) is 24.1. The fourth-order valence-corrected chi connectivity index (χ4v) is 3.43. The smallest absolute Gasteiger partial charge is 0.253 e. The third-order valence-electron chi connectivity index (χ3n) is 5.19. The topological polar surface area (TPSA) is 112 Å². The van der Waals surface area contributed by atoms with Gasteiger partial charge in [-0.25, -0.2) is 4.98 Å². The van der Waals surface area contributed by atoms with E-state index < -0.39 is 10.9 Å². The Morgan fingerprint density at radius 1 is 0.882 bits per heavy atom. The maximum absolute atomic E-state index is 12.2. The number of nitrogens with zero attached hydrogens (tertiary/aromatic N) is 1. The maximum Gasteiger partial charge on any atom is 0.253 e. The molecule has 0 spiro atoms. The highest BCUT2D eigenvalue weighted by Crippen LogP contribution is 2.27. The summed E-state index contributed by atoms with van der Waals surface area (Å²) in [6, 6.07) is 20.1. The lowest BCUT2D eigenvalue weighted by atomic mass is 10.1. The molecule has 1 atom stereocenters. The summed E-state index contributed by atoms with van der Waals surface area (Å²) in [7, 11) is 0. The molecule has 4 rings (SSSR count). The van der Waals surface area contributed by atoms with E-state index in [4.69, 9.17) is 0 Å². The Balaban J connectivity index is 1.49. The molecule has 0 bridgehead atoms. The highest BCUT2D eigenvalue weighted by molar-refractivity contribution is 5.99. The van der Waals surface area contributed by atoms with Crippen LogP contribution in [-0.2, 0) is 4.79 Å². The van der Waals surface area contributed by atoms with Crippen molar-refractivity contribution < 1.29 is 4.79 Å². The van der Waals surface area contributed by atoms with Crippen LogP contribution in [0.15, 0.2) is 95.2 Å². The second-order valence-corrected chi connectivity index (χ2v) is 7.64. The largest absolute Gasteiger partial charge is 0.373 e. The van der Waals surface area contributed by atoms with Gasteiger partial charge in [0.05, 0.1) is 0 Å². The quantitative estimate of drug-likeness (QED) is 0.219. The molecule has 4 aromatic rings. The van der Waals surface area contributed by atoms with Crippen molar-refractivity contribution in [2.45, 2.75) is 13.0 Å². The molecule has 1 heterocycles. The number of carbonyl (C=O) groups is 1. The minimum Gasteiger partial charge on any atom is -0.373 e. The molecule has 0 saturated heterocycles. The highest BCUT2D eigenvalue weighted by atomic mass is 16.2. The standard InChI is InChI=1S/C26H23N5O3/c1-3-22(32)30-19-11-7-10-18(14-19)29-21-15-20(12-13-27-21)31-24-23(25(33)26(24)34)28-16(2)17-8-5-4-6-9-17/h3-16,28H,1H2,2H3,(H,30,32)(H2,27,29,31). The van der Waals surface area contributed by atoms with E-state index in [1.54, 1.807) is 36.5 Å². The van der Waals surface area contributed by atoms with Gasteiger partial charge < -0.3 is 21.3 Å². The van der Waals surface area contributed by atoms with Crippen molar-refractivity contribution >= 4 is 40.2 Å². The Hall–Kier alpha value is -4.72. The molecule has 1 unspecified atom stereocenters. The van der Waals surface area contributed by atoms with E-state index in [2.05, 4.69) is 32.8 Å². The lowest BCUT2D eigenvalue weighted by molar-refractivity contribution is -0.111. The molecule has 3 aromatic carbocycles. The number of hydrogen-bond donors (Lipinski definition) is 4. The van der Waals surface area contributed by atoms with Gasteiger partial charge in [0, 0.05) is 35.4 Å². The first-order chi connectivity index (χ1) is 16.4. The van der Waals surface area contributed by atoms with Crippen LogP contribution in [0.25, 0.3) is 0 Å². The van der Waals surface area contributed by atoms with Crippen LogP contribution < -0.4 is 32.1 Å². The summed E-state index contributed by atoms with van der Waals surface area (Å²) < 4.78 is 0. The van der Waals surface area contributed by atoms with Gasteiger partial charge in [-0.05, 0) is 42.8 Å². The Kier molecular flexibility index (Phi) is 6.49. The highest BCUT2D eigenvalue weighted by Gasteiger charge is 2.23. The molecule has 170 valence electrons. The van der Waals surface area contributed by atoms with Gasteiger partial charge in [-0.1, -0.05) is 43.0 Å². The van der Waals surface area contributed by atoms with E-state index in [1.807, 2.05) is 43.3 Å². The molecule has 34 heavy (non-hydrogen) atoms. The van der Waals surface area contributed by atoms with Crippen LogP contribution in [0.2, 0.25) is 0 Å². The number of carbonyl (C=O) groups excluding carboxylic acids is 1. The number of pyridine rings is 1. The molecule has 8 nitrogen and oxygen atoms in total. The SMILES string of the molecule is C=CC(=O)Nc1cccc(Nc2cc(Nc3c(NC(C)c4ccccc4)c(=O)c3=O)ccn2)c1. The number of rotatable bonds is 9. The van der Waals surface area contributed by atoms with Crippen molar-refractivity contribution in [2.75, 3.05) is 21.3 Å². The van der Waals surface area contributed by atoms with Crippen LogP contribution in [0, 0.1) is 0 Å². The van der Waals surface area contributed by atoms with E-state index in [0.717, 1.165) is 5.56 Å². The number of aromatic nitrogens is 1. The van der Waals surface area contributed by atoms with Gasteiger partial charge >= 0.3 is 0 Å². The second kappa shape index (κ2) is 9.83. The van der Waals surface area contributed by atoms with Crippen molar-refractivity contribution in [3.05, 3.63) is 112 Å². The van der Waals surface area contributed by atoms with Crippen LogP contribution in [0.3, 0.4) is 0 Å². The fraction of sp³-hybridized carbons (Fsp3) is 0.0769. The number of amides is 1. The molecule has 0 aliphatic rings. The summed E-state index contributed by atoms with van der Waals surface area (Å²) in [5, 5.41) is 12.0. The van der Waals surface area contributed by atoms with Crippen LogP contribution in [0.4, 0.5) is 34.3 Å². The molecule has 1 aromatic heterocycles. The van der Waals surface area contributed by atoms with E-state index in [-0.39, 0.29) is 23.3 Å². The first-order valence-electron chi connectivity index (χ1n) is 10.6. The second-order valence-electron chi connectivity index (χ2n) is 7.64. The molecule has 0 fully saturated rings. The summed E-state index contributed by atoms with van der Waals surface area (Å²) in [5.74, 6) is 0.212. The zero-order valence-electron chi connectivity index (χ0n) is 18.5. The number of anilines is 6. The van der Waals surface area contributed by atoms with E-state index in [0.29, 0.717) is 22.9 Å². The van der Waals surface area contributed by atoms with Crippen LogP contribution in [-0.4, -0.2) is 10.9 Å². The minimum absolute atomic E-state index is 0.145. The zero-order valence-corrected chi connectivity index (χ0v) is 18.5. The van der Waals surface area contributed by atoms with Gasteiger partial charge in [-0.15, -0.1) is 0 Å². The molecule has 4 N–H and O–H groups in total. The normalized spacial score (nSPS) is 11.4. The molecule has 0 radical (unpaired) electrons.